The maximum Gasteiger partial charge on any atom is 0.310 e. The molecule has 0 radical (unpaired) electrons. The maximum absolute atomic E-state index is 11.8. The molecule has 22 heavy (non-hydrogen) atoms. The van der Waals surface area contributed by atoms with Crippen molar-refractivity contribution >= 4 is 5.97 Å². The van der Waals surface area contributed by atoms with Crippen LogP contribution in [-0.4, -0.2) is 17.1 Å². The second-order valence-corrected chi connectivity index (χ2v) is 5.88. The average molecular weight is 297 g/mol. The van der Waals surface area contributed by atoms with Gasteiger partial charge in [0.2, 0.25) is 0 Å². The monoisotopic (exact) mass is 297 g/mol. The largest absolute Gasteiger partial charge is 0.466 e. The zero-order valence-corrected chi connectivity index (χ0v) is 13.2. The van der Waals surface area contributed by atoms with Gasteiger partial charge in [0.15, 0.2) is 0 Å². The summed E-state index contributed by atoms with van der Waals surface area (Å²) < 4.78 is 7.45. The molecule has 2 aromatic rings. The first kappa shape index (κ1) is 14.9. The molecule has 0 saturated heterocycles. The fourth-order valence-corrected chi connectivity index (χ4v) is 3.34. The standard InChI is InChI=1S/C19H23NO2/c1-2-22-19(21)12-16-14-20(13-15-8-4-3-5-9-15)18-11-7-6-10-17(16)18/h3-5,8-9,14H,2,6-7,10-13H2,1H3. The summed E-state index contributed by atoms with van der Waals surface area (Å²) in [6, 6.07) is 10.5. The number of aromatic nitrogens is 1. The van der Waals surface area contributed by atoms with Gasteiger partial charge in [0, 0.05) is 18.4 Å². The van der Waals surface area contributed by atoms with Gasteiger partial charge >= 0.3 is 5.97 Å². The molecule has 0 amide bonds. The summed E-state index contributed by atoms with van der Waals surface area (Å²) >= 11 is 0. The lowest BCUT2D eigenvalue weighted by Crippen LogP contribution is -2.10. The van der Waals surface area contributed by atoms with E-state index in [-0.39, 0.29) is 5.97 Å². The molecule has 1 aromatic heterocycles. The first-order valence-corrected chi connectivity index (χ1v) is 8.17. The number of nitrogens with zero attached hydrogens (tertiary/aromatic N) is 1. The van der Waals surface area contributed by atoms with E-state index in [1.807, 2.05) is 13.0 Å². The van der Waals surface area contributed by atoms with E-state index in [0.29, 0.717) is 13.0 Å². The number of benzene rings is 1. The molecular formula is C19H23NO2. The SMILES string of the molecule is CCOC(=O)Cc1cn(Cc2ccccc2)c2c1CCCC2. The zero-order valence-electron chi connectivity index (χ0n) is 13.2. The van der Waals surface area contributed by atoms with Crippen LogP contribution in [0.15, 0.2) is 36.5 Å². The Labute approximate surface area is 131 Å². The fraction of sp³-hybridized carbons (Fsp3) is 0.421. The first-order valence-electron chi connectivity index (χ1n) is 8.17. The number of ether oxygens (including phenoxy) is 1. The van der Waals surface area contributed by atoms with E-state index in [9.17, 15) is 4.79 Å². The van der Waals surface area contributed by atoms with Crippen LogP contribution >= 0.6 is 0 Å². The van der Waals surface area contributed by atoms with E-state index in [0.717, 1.165) is 24.9 Å². The lowest BCUT2D eigenvalue weighted by molar-refractivity contribution is -0.142. The van der Waals surface area contributed by atoms with Crippen molar-refractivity contribution in [3.05, 3.63) is 58.9 Å². The lowest BCUT2D eigenvalue weighted by Gasteiger charge is -2.16. The molecular weight excluding hydrogens is 274 g/mol. The van der Waals surface area contributed by atoms with Crippen LogP contribution in [0, 0.1) is 0 Å². The van der Waals surface area contributed by atoms with Crippen LogP contribution in [0.1, 0.15) is 42.1 Å². The molecule has 0 fully saturated rings. The minimum absolute atomic E-state index is 0.118. The van der Waals surface area contributed by atoms with Crippen molar-refractivity contribution in [3.8, 4) is 0 Å². The molecule has 0 atom stereocenters. The molecule has 1 aromatic carbocycles. The quantitative estimate of drug-likeness (QED) is 0.791. The summed E-state index contributed by atoms with van der Waals surface area (Å²) in [7, 11) is 0. The number of carbonyl (C=O) groups excluding carboxylic acids is 1. The highest BCUT2D eigenvalue weighted by Crippen LogP contribution is 2.28. The van der Waals surface area contributed by atoms with E-state index in [4.69, 9.17) is 4.74 Å². The van der Waals surface area contributed by atoms with Crippen molar-refractivity contribution in [1.82, 2.24) is 4.57 Å². The van der Waals surface area contributed by atoms with Crippen molar-refractivity contribution in [2.24, 2.45) is 0 Å². The van der Waals surface area contributed by atoms with Crippen LogP contribution in [0.25, 0.3) is 0 Å². The van der Waals surface area contributed by atoms with Gasteiger partial charge in [-0.05, 0) is 49.3 Å². The maximum atomic E-state index is 11.8. The summed E-state index contributed by atoms with van der Waals surface area (Å²) in [5.74, 6) is -0.118. The van der Waals surface area contributed by atoms with Crippen molar-refractivity contribution in [3.63, 3.8) is 0 Å². The summed E-state index contributed by atoms with van der Waals surface area (Å²) in [5.41, 5.74) is 5.25. The van der Waals surface area contributed by atoms with Crippen LogP contribution in [0.2, 0.25) is 0 Å². The van der Waals surface area contributed by atoms with Gasteiger partial charge in [-0.2, -0.15) is 0 Å². The molecule has 116 valence electrons. The van der Waals surface area contributed by atoms with Gasteiger partial charge in [0.25, 0.3) is 0 Å². The van der Waals surface area contributed by atoms with Gasteiger partial charge in [-0.15, -0.1) is 0 Å². The number of rotatable bonds is 5. The van der Waals surface area contributed by atoms with Gasteiger partial charge < -0.3 is 9.30 Å². The summed E-state index contributed by atoms with van der Waals surface area (Å²) in [5, 5.41) is 0. The molecule has 0 bridgehead atoms. The number of hydrogen-bond acceptors (Lipinski definition) is 2. The van der Waals surface area contributed by atoms with Crippen molar-refractivity contribution in [2.75, 3.05) is 6.61 Å². The third kappa shape index (κ3) is 3.24. The number of fused-ring (bicyclic) bond motifs is 1. The van der Waals surface area contributed by atoms with Crippen molar-refractivity contribution < 1.29 is 9.53 Å². The van der Waals surface area contributed by atoms with E-state index in [1.54, 1.807) is 0 Å². The van der Waals surface area contributed by atoms with Gasteiger partial charge in [-0.25, -0.2) is 0 Å². The number of esters is 1. The molecule has 0 aliphatic heterocycles. The molecule has 1 aliphatic carbocycles. The Hall–Kier alpha value is -2.03. The van der Waals surface area contributed by atoms with Crippen LogP contribution in [0.4, 0.5) is 0 Å². The van der Waals surface area contributed by atoms with Crippen molar-refractivity contribution in [1.29, 1.82) is 0 Å². The van der Waals surface area contributed by atoms with Gasteiger partial charge in [0.1, 0.15) is 0 Å². The molecule has 1 aliphatic rings. The summed E-state index contributed by atoms with van der Waals surface area (Å²) in [4.78, 5) is 11.8. The average Bonchev–Trinajstić information content (AvgIpc) is 2.87. The van der Waals surface area contributed by atoms with Crippen LogP contribution in [-0.2, 0) is 35.3 Å². The summed E-state index contributed by atoms with van der Waals surface area (Å²) in [6.07, 6.45) is 7.23. The third-order valence-electron chi connectivity index (χ3n) is 4.32. The van der Waals surface area contributed by atoms with E-state index >= 15 is 0 Å². The van der Waals surface area contributed by atoms with Crippen LogP contribution in [0.3, 0.4) is 0 Å². The fourth-order valence-electron chi connectivity index (χ4n) is 3.34. The Morgan fingerprint density at radius 3 is 2.73 bits per heavy atom. The highest BCUT2D eigenvalue weighted by Gasteiger charge is 2.20. The van der Waals surface area contributed by atoms with Gasteiger partial charge in [-0.3, -0.25) is 4.79 Å². The predicted octanol–water partition coefficient (Wildman–Crippen LogP) is 3.52. The number of hydrogen-bond donors (Lipinski definition) is 0. The van der Waals surface area contributed by atoms with Gasteiger partial charge in [-0.1, -0.05) is 30.3 Å². The van der Waals surface area contributed by atoms with E-state index in [2.05, 4.69) is 35.0 Å². The molecule has 0 unspecified atom stereocenters. The van der Waals surface area contributed by atoms with E-state index < -0.39 is 0 Å². The van der Waals surface area contributed by atoms with Crippen LogP contribution in [0.5, 0.6) is 0 Å². The second kappa shape index (κ2) is 6.82. The Morgan fingerprint density at radius 2 is 1.95 bits per heavy atom. The Kier molecular flexibility index (Phi) is 4.62. The number of carbonyl (C=O) groups is 1. The lowest BCUT2D eigenvalue weighted by atomic mass is 9.94. The van der Waals surface area contributed by atoms with E-state index in [1.165, 1.54) is 29.7 Å². The Balaban J connectivity index is 1.87. The van der Waals surface area contributed by atoms with Crippen molar-refractivity contribution in [2.45, 2.75) is 45.6 Å². The molecule has 0 spiro atoms. The third-order valence-corrected chi connectivity index (χ3v) is 4.32. The minimum Gasteiger partial charge on any atom is -0.466 e. The molecule has 0 saturated carbocycles. The normalized spacial score (nSPS) is 13.7. The molecule has 3 rings (SSSR count). The zero-order chi connectivity index (χ0) is 15.4. The highest BCUT2D eigenvalue weighted by molar-refractivity contribution is 5.73. The van der Waals surface area contributed by atoms with Gasteiger partial charge in [0.05, 0.1) is 13.0 Å². The second-order valence-electron chi connectivity index (χ2n) is 5.88. The minimum atomic E-state index is -0.118. The summed E-state index contributed by atoms with van der Waals surface area (Å²) in [6.45, 7) is 3.19. The smallest absolute Gasteiger partial charge is 0.310 e. The molecule has 3 heteroatoms. The molecule has 0 N–H and O–H groups in total. The molecule has 1 heterocycles. The predicted molar refractivity (Wildman–Crippen MR) is 87.0 cm³/mol. The Bertz CT molecular complexity index is 643. The highest BCUT2D eigenvalue weighted by atomic mass is 16.5. The molecule has 3 nitrogen and oxygen atoms in total. The first-order chi connectivity index (χ1) is 10.8. The van der Waals surface area contributed by atoms with Crippen LogP contribution < -0.4 is 0 Å². The Morgan fingerprint density at radius 1 is 1.18 bits per heavy atom. The topological polar surface area (TPSA) is 31.2 Å².